The monoisotopic (exact) mass is 365 g/mol. The van der Waals surface area contributed by atoms with Crippen molar-refractivity contribution >= 4 is 40.9 Å². The van der Waals surface area contributed by atoms with Crippen LogP contribution < -0.4 is 0 Å². The van der Waals surface area contributed by atoms with Gasteiger partial charge < -0.3 is 0 Å². The summed E-state index contributed by atoms with van der Waals surface area (Å²) in [5.74, 6) is 0.748. The van der Waals surface area contributed by atoms with Crippen molar-refractivity contribution in [2.45, 2.75) is 0 Å². The third-order valence-electron chi connectivity index (χ3n) is 3.79. The highest BCUT2D eigenvalue weighted by Crippen LogP contribution is 2.32. The molecule has 0 aliphatic heterocycles. The summed E-state index contributed by atoms with van der Waals surface area (Å²) in [4.78, 5) is 9.40. The SMILES string of the molecule is Clc1cccc(/C=N/c2c(-c3cccc(Cl)c3)nc3ccccn23)c1. The summed E-state index contributed by atoms with van der Waals surface area (Å²) < 4.78 is 1.96. The maximum atomic E-state index is 6.15. The molecule has 25 heavy (non-hydrogen) atoms. The largest absolute Gasteiger partial charge is 0.284 e. The van der Waals surface area contributed by atoms with Crippen molar-refractivity contribution in [1.82, 2.24) is 9.38 Å². The molecule has 4 aromatic rings. The predicted octanol–water partition coefficient (Wildman–Crippen LogP) is 6.06. The van der Waals surface area contributed by atoms with Gasteiger partial charge in [0.05, 0.1) is 0 Å². The summed E-state index contributed by atoms with van der Waals surface area (Å²) in [5.41, 5.74) is 3.47. The highest BCUT2D eigenvalue weighted by molar-refractivity contribution is 6.31. The van der Waals surface area contributed by atoms with E-state index in [4.69, 9.17) is 28.2 Å². The van der Waals surface area contributed by atoms with Gasteiger partial charge >= 0.3 is 0 Å². The second-order valence-corrected chi connectivity index (χ2v) is 6.41. The maximum Gasteiger partial charge on any atom is 0.165 e. The Labute approximate surface area is 155 Å². The van der Waals surface area contributed by atoms with Gasteiger partial charge in [-0.25, -0.2) is 9.98 Å². The van der Waals surface area contributed by atoms with Gasteiger partial charge in [-0.15, -0.1) is 0 Å². The number of halogens is 2. The Balaban J connectivity index is 1.88. The normalized spacial score (nSPS) is 11.4. The Morgan fingerprint density at radius 1 is 0.880 bits per heavy atom. The first kappa shape index (κ1) is 15.9. The Bertz CT molecular complexity index is 1080. The molecule has 4 rings (SSSR count). The van der Waals surface area contributed by atoms with Crippen LogP contribution in [-0.2, 0) is 0 Å². The van der Waals surface area contributed by atoms with Crippen LogP contribution in [0.4, 0.5) is 5.82 Å². The quantitative estimate of drug-likeness (QED) is 0.405. The van der Waals surface area contributed by atoms with E-state index >= 15 is 0 Å². The summed E-state index contributed by atoms with van der Waals surface area (Å²) >= 11 is 12.2. The van der Waals surface area contributed by atoms with E-state index in [0.29, 0.717) is 10.0 Å². The lowest BCUT2D eigenvalue weighted by Gasteiger charge is -2.01. The third kappa shape index (κ3) is 3.29. The zero-order chi connectivity index (χ0) is 17.2. The summed E-state index contributed by atoms with van der Waals surface area (Å²) in [6, 6.07) is 21.0. The fourth-order valence-corrected chi connectivity index (χ4v) is 3.05. The van der Waals surface area contributed by atoms with Gasteiger partial charge in [-0.2, -0.15) is 0 Å². The molecule has 0 saturated heterocycles. The van der Waals surface area contributed by atoms with Crippen LogP contribution in [0.5, 0.6) is 0 Å². The van der Waals surface area contributed by atoms with E-state index in [1.165, 1.54) is 0 Å². The van der Waals surface area contributed by atoms with Gasteiger partial charge in [0.1, 0.15) is 11.3 Å². The molecule has 0 saturated carbocycles. The third-order valence-corrected chi connectivity index (χ3v) is 4.26. The zero-order valence-electron chi connectivity index (χ0n) is 13.1. The lowest BCUT2D eigenvalue weighted by Crippen LogP contribution is -1.85. The Hall–Kier alpha value is -2.62. The first-order valence-corrected chi connectivity index (χ1v) is 8.49. The number of aliphatic imine (C=N–C) groups is 1. The highest BCUT2D eigenvalue weighted by Gasteiger charge is 2.13. The van der Waals surface area contributed by atoms with Gasteiger partial charge in [-0.05, 0) is 42.0 Å². The van der Waals surface area contributed by atoms with Crippen LogP contribution in [-0.4, -0.2) is 15.6 Å². The molecule has 0 fully saturated rings. The lowest BCUT2D eigenvalue weighted by molar-refractivity contribution is 1.17. The minimum atomic E-state index is 0.666. The molecule has 2 heterocycles. The highest BCUT2D eigenvalue weighted by atomic mass is 35.5. The van der Waals surface area contributed by atoms with Crippen LogP contribution in [0.25, 0.3) is 16.9 Å². The van der Waals surface area contributed by atoms with Crippen LogP contribution in [0.3, 0.4) is 0 Å². The van der Waals surface area contributed by atoms with Gasteiger partial charge in [-0.3, -0.25) is 4.40 Å². The number of rotatable bonds is 3. The smallest absolute Gasteiger partial charge is 0.165 e. The second-order valence-electron chi connectivity index (χ2n) is 5.54. The molecule has 0 radical (unpaired) electrons. The molecule has 5 heteroatoms. The number of hydrogen-bond donors (Lipinski definition) is 0. The van der Waals surface area contributed by atoms with Crippen LogP contribution in [0.2, 0.25) is 10.0 Å². The van der Waals surface area contributed by atoms with Crippen molar-refractivity contribution in [3.63, 3.8) is 0 Å². The van der Waals surface area contributed by atoms with Gasteiger partial charge in [0.25, 0.3) is 0 Å². The molecule has 0 aliphatic carbocycles. The topological polar surface area (TPSA) is 29.7 Å². The van der Waals surface area contributed by atoms with E-state index in [-0.39, 0.29) is 0 Å². The van der Waals surface area contributed by atoms with E-state index in [1.807, 2.05) is 77.3 Å². The standard InChI is InChI=1S/C20H13Cl2N3/c21-16-7-3-5-14(11-16)13-23-20-19(15-6-4-8-17(22)12-15)24-18-9-1-2-10-25(18)20/h1-13H/b23-13+. The molecular weight excluding hydrogens is 353 g/mol. The summed E-state index contributed by atoms with van der Waals surface area (Å²) in [6.07, 6.45) is 3.73. The molecule has 0 atom stereocenters. The van der Waals surface area contributed by atoms with Crippen LogP contribution in [0.1, 0.15) is 5.56 Å². The molecule has 3 nitrogen and oxygen atoms in total. The average molecular weight is 366 g/mol. The van der Waals surface area contributed by atoms with E-state index < -0.39 is 0 Å². The van der Waals surface area contributed by atoms with Crippen molar-refractivity contribution in [3.05, 3.63) is 88.5 Å². The van der Waals surface area contributed by atoms with Crippen LogP contribution in [0.15, 0.2) is 77.9 Å². The number of pyridine rings is 1. The Morgan fingerprint density at radius 3 is 2.48 bits per heavy atom. The van der Waals surface area contributed by atoms with Crippen LogP contribution in [0, 0.1) is 0 Å². The minimum Gasteiger partial charge on any atom is -0.284 e. The van der Waals surface area contributed by atoms with E-state index in [9.17, 15) is 0 Å². The van der Waals surface area contributed by atoms with E-state index in [2.05, 4.69) is 4.99 Å². The van der Waals surface area contributed by atoms with E-state index in [1.54, 1.807) is 6.21 Å². The van der Waals surface area contributed by atoms with Gasteiger partial charge in [0, 0.05) is 28.0 Å². The molecule has 0 amide bonds. The maximum absolute atomic E-state index is 6.15. The molecular formula is C20H13Cl2N3. The first-order valence-electron chi connectivity index (χ1n) is 7.73. The molecule has 2 aromatic carbocycles. The summed E-state index contributed by atoms with van der Waals surface area (Å²) in [5, 5.41) is 1.34. The molecule has 0 bridgehead atoms. The number of benzene rings is 2. The molecule has 0 unspecified atom stereocenters. The molecule has 2 aromatic heterocycles. The Kier molecular flexibility index (Phi) is 4.26. The van der Waals surface area contributed by atoms with Crippen molar-refractivity contribution in [2.24, 2.45) is 4.99 Å². The zero-order valence-corrected chi connectivity index (χ0v) is 14.6. The van der Waals surface area contributed by atoms with Crippen LogP contribution >= 0.6 is 23.2 Å². The number of hydrogen-bond acceptors (Lipinski definition) is 2. The Morgan fingerprint density at radius 2 is 1.68 bits per heavy atom. The average Bonchev–Trinajstić information content (AvgIpc) is 2.99. The fourth-order valence-electron chi connectivity index (χ4n) is 2.66. The van der Waals surface area contributed by atoms with Gasteiger partial charge in [0.2, 0.25) is 0 Å². The fraction of sp³-hybridized carbons (Fsp3) is 0. The lowest BCUT2D eigenvalue weighted by atomic mass is 10.1. The number of imidazole rings is 1. The molecule has 0 aliphatic rings. The van der Waals surface area contributed by atoms with Gasteiger partial charge in [0.15, 0.2) is 5.82 Å². The minimum absolute atomic E-state index is 0.666. The molecule has 122 valence electrons. The van der Waals surface area contributed by atoms with Gasteiger partial charge in [-0.1, -0.05) is 53.5 Å². The van der Waals surface area contributed by atoms with E-state index in [0.717, 1.165) is 28.3 Å². The van der Waals surface area contributed by atoms with Crippen molar-refractivity contribution in [1.29, 1.82) is 0 Å². The van der Waals surface area contributed by atoms with Crippen molar-refractivity contribution < 1.29 is 0 Å². The second kappa shape index (κ2) is 6.71. The van der Waals surface area contributed by atoms with Crippen molar-refractivity contribution in [2.75, 3.05) is 0 Å². The van der Waals surface area contributed by atoms with Crippen molar-refractivity contribution in [3.8, 4) is 11.3 Å². The number of aromatic nitrogens is 2. The number of nitrogens with zero attached hydrogens (tertiary/aromatic N) is 3. The number of fused-ring (bicyclic) bond motifs is 1. The molecule has 0 N–H and O–H groups in total. The molecule has 0 spiro atoms. The summed E-state index contributed by atoms with van der Waals surface area (Å²) in [7, 11) is 0. The summed E-state index contributed by atoms with van der Waals surface area (Å²) in [6.45, 7) is 0. The first-order chi connectivity index (χ1) is 12.2. The predicted molar refractivity (Wildman–Crippen MR) is 104 cm³/mol.